The molecule has 0 N–H and O–H groups in total. The second kappa shape index (κ2) is 10.3. The molecule has 10 heteroatoms. The van der Waals surface area contributed by atoms with Crippen molar-refractivity contribution in [3.63, 3.8) is 0 Å². The molecule has 38 heavy (non-hydrogen) atoms. The largest absolute Gasteiger partial charge is 0.545 e. The third kappa shape index (κ3) is 4.62. The topological polar surface area (TPSA) is 114 Å². The molecule has 0 amide bonds. The van der Waals surface area contributed by atoms with Gasteiger partial charge < -0.3 is 19.1 Å². The summed E-state index contributed by atoms with van der Waals surface area (Å²) in [6.07, 6.45) is 1.59. The van der Waals surface area contributed by atoms with Crippen molar-refractivity contribution in [2.75, 3.05) is 6.61 Å². The van der Waals surface area contributed by atoms with Crippen molar-refractivity contribution in [2.45, 2.75) is 19.9 Å². The van der Waals surface area contributed by atoms with Crippen LogP contribution in [0.25, 0.3) is 17.4 Å². The zero-order valence-corrected chi connectivity index (χ0v) is 21.8. The first kappa shape index (κ1) is 25.4. The minimum atomic E-state index is -1.39. The predicted octanol–water partition coefficient (Wildman–Crippen LogP) is 3.08. The van der Waals surface area contributed by atoms with E-state index >= 15 is 0 Å². The van der Waals surface area contributed by atoms with Gasteiger partial charge in [0, 0.05) is 22.2 Å². The van der Waals surface area contributed by atoms with Gasteiger partial charge in [-0.3, -0.25) is 9.36 Å². The Bertz CT molecular complexity index is 1780. The number of rotatable bonds is 6. The van der Waals surface area contributed by atoms with E-state index in [1.165, 1.54) is 28.0 Å². The van der Waals surface area contributed by atoms with E-state index in [0.29, 0.717) is 37.7 Å². The van der Waals surface area contributed by atoms with Gasteiger partial charge in [-0.15, -0.1) is 0 Å². The maximum absolute atomic E-state index is 13.6. The number of benzene rings is 2. The Morgan fingerprint density at radius 3 is 2.66 bits per heavy atom. The van der Waals surface area contributed by atoms with Crippen LogP contribution < -0.4 is 20.0 Å². The molecular weight excluding hydrogens is 528 g/mol. The number of hydrogen-bond acceptors (Lipinski definition) is 8. The Hall–Kier alpha value is -4.21. The van der Waals surface area contributed by atoms with Crippen molar-refractivity contribution in [2.24, 2.45) is 4.99 Å². The minimum Gasteiger partial charge on any atom is -0.545 e. The number of ether oxygens (including phenoxy) is 1. The fourth-order valence-corrected chi connectivity index (χ4v) is 5.51. The van der Waals surface area contributed by atoms with Gasteiger partial charge in [-0.2, -0.15) is 0 Å². The number of nitrogens with zero attached hydrogens (tertiary/aromatic N) is 2. The first-order valence-electron chi connectivity index (χ1n) is 11.6. The summed E-state index contributed by atoms with van der Waals surface area (Å²) in [6.45, 7) is 3.65. The molecule has 0 aliphatic carbocycles. The monoisotopic (exact) mass is 547 g/mol. The van der Waals surface area contributed by atoms with Crippen LogP contribution in [0.4, 0.5) is 0 Å². The number of halogens is 1. The van der Waals surface area contributed by atoms with Crippen LogP contribution in [0.3, 0.4) is 0 Å². The second-order valence-electron chi connectivity index (χ2n) is 8.40. The molecule has 0 saturated heterocycles. The molecule has 0 unspecified atom stereocenters. The van der Waals surface area contributed by atoms with E-state index in [9.17, 15) is 19.5 Å². The molecular formula is C28H20ClN2O6S-. The molecule has 1 aliphatic rings. The summed E-state index contributed by atoms with van der Waals surface area (Å²) < 4.78 is 13.0. The highest BCUT2D eigenvalue weighted by molar-refractivity contribution is 7.07. The fraction of sp³-hybridized carbons (Fsp3) is 0.143. The average Bonchev–Trinajstić information content (AvgIpc) is 3.48. The van der Waals surface area contributed by atoms with Gasteiger partial charge in [-0.1, -0.05) is 53.3 Å². The van der Waals surface area contributed by atoms with Gasteiger partial charge in [0.15, 0.2) is 4.80 Å². The Labute approximate surface area is 225 Å². The number of carbonyl (C=O) groups excluding carboxylic acids is 2. The van der Waals surface area contributed by atoms with Gasteiger partial charge in [0.05, 0.1) is 34.4 Å². The Kier molecular flexibility index (Phi) is 6.88. The smallest absolute Gasteiger partial charge is 0.338 e. The highest BCUT2D eigenvalue weighted by atomic mass is 35.5. The molecule has 0 radical (unpaired) electrons. The lowest BCUT2D eigenvalue weighted by Crippen LogP contribution is -2.39. The van der Waals surface area contributed by atoms with E-state index in [4.69, 9.17) is 20.8 Å². The molecule has 5 rings (SSSR count). The molecule has 192 valence electrons. The number of furan rings is 1. The highest BCUT2D eigenvalue weighted by Crippen LogP contribution is 2.31. The molecule has 0 spiro atoms. The van der Waals surface area contributed by atoms with Crippen molar-refractivity contribution >= 4 is 41.0 Å². The molecule has 0 fully saturated rings. The van der Waals surface area contributed by atoms with Crippen LogP contribution in [0, 0.1) is 0 Å². The van der Waals surface area contributed by atoms with Crippen LogP contribution in [0.15, 0.2) is 86.1 Å². The number of carboxylic acid groups (broad SMARTS) is 1. The van der Waals surface area contributed by atoms with Crippen LogP contribution in [0.1, 0.15) is 41.6 Å². The summed E-state index contributed by atoms with van der Waals surface area (Å²) in [6, 6.07) is 16.3. The van der Waals surface area contributed by atoms with Gasteiger partial charge in [0.25, 0.3) is 5.56 Å². The number of carbonyl (C=O) groups is 2. The first-order chi connectivity index (χ1) is 18.3. The van der Waals surface area contributed by atoms with E-state index in [0.717, 1.165) is 5.56 Å². The molecule has 2 aromatic carbocycles. The highest BCUT2D eigenvalue weighted by Gasteiger charge is 2.33. The van der Waals surface area contributed by atoms with Crippen molar-refractivity contribution in [1.82, 2.24) is 4.57 Å². The third-order valence-electron chi connectivity index (χ3n) is 6.00. The number of aromatic nitrogens is 1. The van der Waals surface area contributed by atoms with Crippen molar-refractivity contribution in [3.05, 3.63) is 114 Å². The maximum Gasteiger partial charge on any atom is 0.338 e. The van der Waals surface area contributed by atoms with E-state index in [1.54, 1.807) is 38.1 Å². The first-order valence-corrected chi connectivity index (χ1v) is 12.8. The van der Waals surface area contributed by atoms with Gasteiger partial charge in [0.2, 0.25) is 0 Å². The van der Waals surface area contributed by atoms with E-state index < -0.39 is 18.0 Å². The molecule has 8 nitrogen and oxygen atoms in total. The number of hydrogen-bond donors (Lipinski definition) is 0. The Morgan fingerprint density at radius 2 is 1.95 bits per heavy atom. The zero-order valence-electron chi connectivity index (χ0n) is 20.3. The van der Waals surface area contributed by atoms with Gasteiger partial charge in [0.1, 0.15) is 11.5 Å². The van der Waals surface area contributed by atoms with Crippen LogP contribution >= 0.6 is 22.9 Å². The zero-order chi connectivity index (χ0) is 27.0. The number of esters is 1. The summed E-state index contributed by atoms with van der Waals surface area (Å²) in [5.41, 5.74) is 1.56. The van der Waals surface area contributed by atoms with Crippen LogP contribution in [0.5, 0.6) is 0 Å². The average molecular weight is 548 g/mol. The molecule has 2 aromatic heterocycles. The normalized spacial score (nSPS) is 15.2. The summed E-state index contributed by atoms with van der Waals surface area (Å²) in [7, 11) is 0. The second-order valence-corrected chi connectivity index (χ2v) is 9.81. The van der Waals surface area contributed by atoms with Crippen LogP contribution in [-0.2, 0) is 9.53 Å². The third-order valence-corrected chi connectivity index (χ3v) is 7.32. The number of fused-ring (bicyclic) bond motifs is 1. The standard InChI is InChI=1S/C28H21ClN2O6S/c1-3-36-27(35)23-15(2)30-28-31(24(23)16-7-5-4-6-8-16)25(32)22(38-28)14-18-10-12-21(37-18)17-9-11-20(29)19(13-17)26(33)34/h4-14,24H,3H2,1-2H3,(H,33,34)/p-1/b22-14-/t24-/m1/s1. The van der Waals surface area contributed by atoms with Crippen LogP contribution in [-0.4, -0.2) is 23.1 Å². The summed E-state index contributed by atoms with van der Waals surface area (Å²) in [4.78, 5) is 42.9. The molecule has 0 saturated carbocycles. The van der Waals surface area contributed by atoms with Gasteiger partial charge >= 0.3 is 5.97 Å². The lowest BCUT2D eigenvalue weighted by molar-refractivity contribution is -0.255. The number of allylic oxidation sites excluding steroid dienone is 1. The Balaban J connectivity index is 1.61. The SMILES string of the molecule is CCOC(=O)C1=C(C)N=c2s/c(=C\c3ccc(-c4ccc(Cl)c(C(=O)[O-])c4)o3)c(=O)n2[C@@H]1c1ccccc1. The van der Waals surface area contributed by atoms with Crippen molar-refractivity contribution in [1.29, 1.82) is 0 Å². The Morgan fingerprint density at radius 1 is 1.18 bits per heavy atom. The van der Waals surface area contributed by atoms with Crippen molar-refractivity contribution < 1.29 is 23.8 Å². The maximum atomic E-state index is 13.6. The predicted molar refractivity (Wildman–Crippen MR) is 140 cm³/mol. The lowest BCUT2D eigenvalue weighted by atomic mass is 9.96. The minimum absolute atomic E-state index is 0.0621. The fourth-order valence-electron chi connectivity index (χ4n) is 4.29. The number of thiazole rings is 1. The summed E-state index contributed by atoms with van der Waals surface area (Å²) >= 11 is 7.12. The summed E-state index contributed by atoms with van der Waals surface area (Å²) in [5.74, 6) is -1.14. The quantitative estimate of drug-likeness (QED) is 0.343. The van der Waals surface area contributed by atoms with Gasteiger partial charge in [-0.25, -0.2) is 9.79 Å². The van der Waals surface area contributed by atoms with Gasteiger partial charge in [-0.05, 0) is 49.7 Å². The molecule has 1 aliphatic heterocycles. The van der Waals surface area contributed by atoms with E-state index in [2.05, 4.69) is 4.99 Å². The van der Waals surface area contributed by atoms with Crippen molar-refractivity contribution in [3.8, 4) is 11.3 Å². The summed E-state index contributed by atoms with van der Waals surface area (Å²) in [5, 5.41) is 11.4. The molecule has 0 bridgehead atoms. The lowest BCUT2D eigenvalue weighted by Gasteiger charge is -2.24. The van der Waals surface area contributed by atoms with E-state index in [1.807, 2.05) is 30.3 Å². The number of carboxylic acids is 1. The molecule has 1 atom stereocenters. The molecule has 3 heterocycles. The number of aromatic carboxylic acids is 1. The van der Waals surface area contributed by atoms with E-state index in [-0.39, 0.29) is 22.8 Å². The molecule has 4 aromatic rings. The van der Waals surface area contributed by atoms with Crippen LogP contribution in [0.2, 0.25) is 5.02 Å².